The van der Waals surface area contributed by atoms with Crippen LogP contribution in [-0.4, -0.2) is 37.0 Å². The lowest BCUT2D eigenvalue weighted by atomic mass is 10.1. The summed E-state index contributed by atoms with van der Waals surface area (Å²) in [6.07, 6.45) is 0. The molecule has 1 saturated heterocycles. The summed E-state index contributed by atoms with van der Waals surface area (Å²) in [5, 5.41) is 0.621. The van der Waals surface area contributed by atoms with Crippen molar-refractivity contribution in [3.8, 4) is 11.8 Å². The summed E-state index contributed by atoms with van der Waals surface area (Å²) >= 11 is 6.05. The van der Waals surface area contributed by atoms with E-state index < -0.39 is 21.0 Å². The number of piperazine rings is 1. The van der Waals surface area contributed by atoms with Gasteiger partial charge < -0.3 is 9.80 Å². The van der Waals surface area contributed by atoms with E-state index in [1.54, 1.807) is 6.07 Å². The fourth-order valence-corrected chi connectivity index (χ4v) is 3.89. The molecule has 1 amide bonds. The minimum atomic E-state index is -9.71. The van der Waals surface area contributed by atoms with Crippen LogP contribution in [0.1, 0.15) is 11.1 Å². The maximum Gasteiger partial charge on any atom is 0.310 e. The number of halogens is 6. The van der Waals surface area contributed by atoms with Crippen molar-refractivity contribution in [2.75, 3.05) is 31.1 Å². The number of benzene rings is 2. The Morgan fingerprint density at radius 1 is 0.967 bits per heavy atom. The van der Waals surface area contributed by atoms with Gasteiger partial charge in [-0.2, -0.15) is 0 Å². The minimum Gasteiger partial charge on any atom is -0.368 e. The van der Waals surface area contributed by atoms with Crippen molar-refractivity contribution in [3.63, 3.8) is 0 Å². The quantitative estimate of drug-likeness (QED) is 0.401. The van der Waals surface area contributed by atoms with Crippen molar-refractivity contribution in [2.24, 2.45) is 0 Å². The van der Waals surface area contributed by atoms with Crippen LogP contribution < -0.4 is 4.90 Å². The van der Waals surface area contributed by atoms with Crippen LogP contribution in [0.2, 0.25) is 5.02 Å². The van der Waals surface area contributed by atoms with Gasteiger partial charge in [0.2, 0.25) is 0 Å². The van der Waals surface area contributed by atoms with Crippen LogP contribution in [-0.2, 0) is 4.79 Å². The zero-order valence-corrected chi connectivity index (χ0v) is 17.4. The fraction of sp³-hybridized carbons (Fsp3) is 0.250. The molecule has 0 unspecified atom stereocenters. The van der Waals surface area contributed by atoms with Gasteiger partial charge in [-0.25, -0.2) is 0 Å². The summed E-state index contributed by atoms with van der Waals surface area (Å²) < 4.78 is 63.6. The van der Waals surface area contributed by atoms with Crippen LogP contribution >= 0.6 is 21.8 Å². The molecule has 2 aromatic carbocycles. The number of rotatable bonds is 2. The Kier molecular flexibility index (Phi) is 5.24. The van der Waals surface area contributed by atoms with Crippen LogP contribution in [0.15, 0.2) is 47.4 Å². The van der Waals surface area contributed by atoms with Gasteiger partial charge in [-0.3, -0.25) is 4.79 Å². The molecule has 30 heavy (non-hydrogen) atoms. The van der Waals surface area contributed by atoms with E-state index >= 15 is 0 Å². The van der Waals surface area contributed by atoms with Gasteiger partial charge in [0.05, 0.1) is 0 Å². The molecule has 1 heterocycles. The molecule has 10 heteroatoms. The van der Waals surface area contributed by atoms with Gasteiger partial charge in [-0.05, 0) is 48.9 Å². The lowest BCUT2D eigenvalue weighted by Gasteiger charge is -2.40. The molecular formula is C20H18ClF5N2OS. The Bertz CT molecular complexity index is 1040. The second-order valence-electron chi connectivity index (χ2n) is 6.95. The molecule has 1 aliphatic heterocycles. The van der Waals surface area contributed by atoms with Crippen LogP contribution in [0, 0.1) is 18.8 Å². The van der Waals surface area contributed by atoms with Gasteiger partial charge in [0.15, 0.2) is 0 Å². The second kappa shape index (κ2) is 7.06. The highest BCUT2D eigenvalue weighted by Gasteiger charge is 2.65. The topological polar surface area (TPSA) is 23.6 Å². The first-order valence-electron chi connectivity index (χ1n) is 8.89. The van der Waals surface area contributed by atoms with Crippen molar-refractivity contribution in [1.82, 2.24) is 4.90 Å². The number of amides is 1. The number of hydrogen-bond donors (Lipinski definition) is 0. The third kappa shape index (κ3) is 5.37. The molecule has 0 aliphatic carbocycles. The van der Waals surface area contributed by atoms with Gasteiger partial charge in [0.25, 0.3) is 5.91 Å². The Morgan fingerprint density at radius 2 is 1.57 bits per heavy atom. The second-order valence-corrected chi connectivity index (χ2v) is 9.80. The number of carbonyl (C=O) groups is 1. The minimum absolute atomic E-state index is 0.0436. The predicted molar refractivity (Wildman–Crippen MR) is 110 cm³/mol. The van der Waals surface area contributed by atoms with Crippen LogP contribution in [0.4, 0.5) is 25.1 Å². The molecule has 0 saturated carbocycles. The Morgan fingerprint density at radius 3 is 2.13 bits per heavy atom. The van der Waals surface area contributed by atoms with Gasteiger partial charge in [-0.1, -0.05) is 43.0 Å². The largest absolute Gasteiger partial charge is 0.368 e. The Balaban J connectivity index is 1.64. The average Bonchev–Trinajstić information content (AvgIpc) is 2.67. The van der Waals surface area contributed by atoms with Crippen molar-refractivity contribution in [3.05, 3.63) is 58.6 Å². The monoisotopic (exact) mass is 464 g/mol. The number of hydrogen-bond acceptors (Lipinski definition) is 2. The van der Waals surface area contributed by atoms with E-state index in [2.05, 4.69) is 16.7 Å². The first kappa shape index (κ1) is 22.2. The summed E-state index contributed by atoms with van der Waals surface area (Å²) in [6.45, 7) is 3.96. The molecule has 162 valence electrons. The molecular weight excluding hydrogens is 447 g/mol. The lowest BCUT2D eigenvalue weighted by molar-refractivity contribution is -0.125. The maximum absolute atomic E-state index is 12.7. The van der Waals surface area contributed by atoms with Crippen LogP contribution in [0.25, 0.3) is 0 Å². The highest BCUT2D eigenvalue weighted by Crippen LogP contribution is 3.02. The Labute approximate surface area is 176 Å². The Hall–Kier alpha value is -2.44. The molecule has 0 atom stereocenters. The summed E-state index contributed by atoms with van der Waals surface area (Å²) in [5.74, 6) is 4.32. The summed E-state index contributed by atoms with van der Waals surface area (Å²) in [6, 6.07) is 7.80. The van der Waals surface area contributed by atoms with Gasteiger partial charge in [0.1, 0.15) is 4.90 Å². The van der Waals surface area contributed by atoms with Crippen molar-refractivity contribution in [2.45, 2.75) is 11.8 Å². The van der Waals surface area contributed by atoms with E-state index in [-0.39, 0.29) is 17.7 Å². The average molecular weight is 465 g/mol. The van der Waals surface area contributed by atoms with E-state index in [1.165, 1.54) is 4.90 Å². The third-order valence-electron chi connectivity index (χ3n) is 4.69. The van der Waals surface area contributed by atoms with Crippen LogP contribution in [0.5, 0.6) is 0 Å². The van der Waals surface area contributed by atoms with Crippen molar-refractivity contribution >= 4 is 33.4 Å². The molecule has 0 radical (unpaired) electrons. The molecule has 3 nitrogen and oxygen atoms in total. The zero-order chi connectivity index (χ0) is 22.2. The predicted octanol–water partition coefficient (Wildman–Crippen LogP) is 6.01. The summed E-state index contributed by atoms with van der Waals surface area (Å²) in [4.78, 5) is 13.9. The molecule has 1 aliphatic rings. The number of aryl methyl sites for hydroxylation is 1. The van der Waals surface area contributed by atoms with E-state index in [1.807, 2.05) is 19.1 Å². The molecule has 0 N–H and O–H groups in total. The van der Waals surface area contributed by atoms with E-state index in [0.29, 0.717) is 31.2 Å². The van der Waals surface area contributed by atoms with Gasteiger partial charge in [-0.15, -0.1) is 0 Å². The first-order valence-corrected chi connectivity index (χ1v) is 11.2. The molecule has 2 aromatic rings. The van der Waals surface area contributed by atoms with E-state index in [4.69, 9.17) is 11.6 Å². The summed E-state index contributed by atoms with van der Waals surface area (Å²) in [5.41, 5.74) is 2.10. The third-order valence-corrected chi connectivity index (χ3v) is 6.09. The number of anilines is 1. The number of carbonyl (C=O) groups excluding carboxylic acids is 1. The fourth-order valence-electron chi connectivity index (χ4n) is 3.07. The molecule has 0 bridgehead atoms. The molecule has 0 spiro atoms. The molecule has 3 rings (SSSR count). The van der Waals surface area contributed by atoms with Crippen LogP contribution in [0.3, 0.4) is 0 Å². The van der Waals surface area contributed by atoms with Crippen molar-refractivity contribution in [1.29, 1.82) is 0 Å². The van der Waals surface area contributed by atoms with E-state index in [0.717, 1.165) is 23.4 Å². The normalized spacial score (nSPS) is 16.9. The lowest BCUT2D eigenvalue weighted by Crippen LogP contribution is -2.48. The number of nitrogens with zero attached hydrogens (tertiary/aromatic N) is 2. The first-order chi connectivity index (χ1) is 13.7. The standard InChI is InChI=1S/C20H18ClF5N2OS/c1-15-2-6-17(21)14-19(15)27-10-12-28(13-11-27)20(29)9-5-16-3-7-18(8-4-16)30(22,23,24,25)26/h2-4,6-8,14H,10-13H2,1H3. The highest BCUT2D eigenvalue weighted by atomic mass is 35.5. The highest BCUT2D eigenvalue weighted by molar-refractivity contribution is 8.45. The van der Waals surface area contributed by atoms with Crippen molar-refractivity contribution < 1.29 is 24.2 Å². The smallest absolute Gasteiger partial charge is 0.310 e. The molecule has 0 aromatic heterocycles. The summed E-state index contributed by atoms with van der Waals surface area (Å²) in [7, 11) is -9.71. The van der Waals surface area contributed by atoms with Gasteiger partial charge in [0, 0.05) is 48.4 Å². The van der Waals surface area contributed by atoms with E-state index in [9.17, 15) is 24.2 Å². The zero-order valence-electron chi connectivity index (χ0n) is 15.8. The molecule has 1 fully saturated rings. The van der Waals surface area contributed by atoms with Gasteiger partial charge >= 0.3 is 10.2 Å². The SMILES string of the molecule is Cc1ccc(Cl)cc1N1CCN(C(=O)C#Cc2ccc(S(F)(F)(F)(F)F)cc2)CC1. The maximum atomic E-state index is 12.7.